The maximum Gasteiger partial charge on any atom is 0.0732 e. The quantitative estimate of drug-likeness (QED) is 0.581. The Kier molecular flexibility index (Phi) is 5.96. The molecule has 1 unspecified atom stereocenters. The maximum atomic E-state index is 10.5. The first-order chi connectivity index (χ1) is 5.61. The molecule has 0 N–H and O–H groups in total. The van der Waals surface area contributed by atoms with Crippen LogP contribution in [0.5, 0.6) is 0 Å². The van der Waals surface area contributed by atoms with E-state index >= 15 is 0 Å². The van der Waals surface area contributed by atoms with Gasteiger partial charge in [-0.15, -0.1) is 0 Å². The molecule has 72 valence electrons. The van der Waals surface area contributed by atoms with Gasteiger partial charge in [0, 0.05) is 24.1 Å². The molecule has 0 saturated heterocycles. The van der Waals surface area contributed by atoms with E-state index in [1.165, 1.54) is 6.20 Å². The van der Waals surface area contributed by atoms with Gasteiger partial charge >= 0.3 is 0 Å². The minimum atomic E-state index is -2.24. The fraction of sp³-hybridized carbons (Fsp3) is 0.714. The molecule has 0 radical (unpaired) electrons. The van der Waals surface area contributed by atoms with Gasteiger partial charge in [0.1, 0.15) is 0 Å². The molecule has 0 aliphatic heterocycles. The lowest BCUT2D eigenvalue weighted by Gasteiger charge is -2.24. The summed E-state index contributed by atoms with van der Waals surface area (Å²) in [5.41, 5.74) is 0. The van der Waals surface area contributed by atoms with Gasteiger partial charge in [0.05, 0.1) is 12.6 Å². The molecule has 0 fully saturated rings. The zero-order valence-electron chi connectivity index (χ0n) is 7.36. The molecule has 0 heterocycles. The van der Waals surface area contributed by atoms with Gasteiger partial charge in [0.15, 0.2) is 0 Å². The summed E-state index contributed by atoms with van der Waals surface area (Å²) in [5, 5.41) is 0. The van der Waals surface area contributed by atoms with Crippen LogP contribution in [-0.4, -0.2) is 32.3 Å². The van der Waals surface area contributed by atoms with E-state index in [9.17, 15) is 8.76 Å². The molecule has 0 bridgehead atoms. The number of hydrogen-bond donors (Lipinski definition) is 0. The van der Waals surface area contributed by atoms with Crippen molar-refractivity contribution < 1.29 is 13.5 Å². The number of ether oxygens (including phenoxy) is 1. The van der Waals surface area contributed by atoms with E-state index in [0.29, 0.717) is 13.2 Å². The molecule has 0 saturated carbocycles. The van der Waals surface area contributed by atoms with E-state index in [2.05, 4.69) is 6.58 Å². The Morgan fingerprint density at radius 3 is 2.75 bits per heavy atom. The third-order valence-corrected chi connectivity index (χ3v) is 1.96. The number of nitrogens with zero attached hydrogens (tertiary/aromatic N) is 1. The van der Waals surface area contributed by atoms with E-state index in [4.69, 9.17) is 4.74 Å². The Morgan fingerprint density at radius 2 is 2.42 bits per heavy atom. The van der Waals surface area contributed by atoms with Crippen LogP contribution in [0.1, 0.15) is 13.8 Å². The summed E-state index contributed by atoms with van der Waals surface area (Å²) < 4.78 is 27.2. The number of rotatable bonds is 6. The van der Waals surface area contributed by atoms with Crippen LogP contribution in [0.4, 0.5) is 0 Å². The molecule has 2 atom stereocenters. The van der Waals surface area contributed by atoms with Crippen LogP contribution in [0, 0.1) is 0 Å². The molecular weight excluding hydrogens is 178 g/mol. The lowest BCUT2D eigenvalue weighted by Crippen LogP contribution is -2.29. The standard InChI is InChI=1S/C7H15NO3S/c1-4-8(12(9)10)6-7(3)11-5-2/h4,7H,1,5-6H2,2-3H3,(H,9,10)/p-1/t7-/m0/s1. The SMILES string of the molecule is C=CN(C[C@H](C)OCC)S(=O)[O-]. The highest BCUT2D eigenvalue weighted by Gasteiger charge is 2.05. The van der Waals surface area contributed by atoms with Crippen LogP contribution in [0.2, 0.25) is 0 Å². The van der Waals surface area contributed by atoms with Crippen molar-refractivity contribution >= 4 is 11.3 Å². The van der Waals surface area contributed by atoms with Gasteiger partial charge in [-0.05, 0) is 13.8 Å². The maximum absolute atomic E-state index is 10.5. The monoisotopic (exact) mass is 192 g/mol. The fourth-order valence-corrected chi connectivity index (χ4v) is 1.24. The molecular formula is C7H14NO3S-. The van der Waals surface area contributed by atoms with Gasteiger partial charge in [-0.1, -0.05) is 6.58 Å². The Labute approximate surface area is 75.6 Å². The molecule has 4 nitrogen and oxygen atoms in total. The summed E-state index contributed by atoms with van der Waals surface area (Å²) in [4.78, 5) is 0. The Morgan fingerprint density at radius 1 is 1.83 bits per heavy atom. The van der Waals surface area contributed by atoms with Crippen molar-refractivity contribution in [3.8, 4) is 0 Å². The first kappa shape index (κ1) is 11.6. The largest absolute Gasteiger partial charge is 0.755 e. The van der Waals surface area contributed by atoms with Crippen molar-refractivity contribution in [2.24, 2.45) is 0 Å². The molecule has 0 aliphatic carbocycles. The van der Waals surface area contributed by atoms with Gasteiger partial charge in [-0.3, -0.25) is 4.21 Å². The van der Waals surface area contributed by atoms with Gasteiger partial charge in [-0.25, -0.2) is 0 Å². The summed E-state index contributed by atoms with van der Waals surface area (Å²) in [6.45, 7) is 7.94. The van der Waals surface area contributed by atoms with E-state index in [1.807, 2.05) is 13.8 Å². The van der Waals surface area contributed by atoms with Gasteiger partial charge in [0.2, 0.25) is 0 Å². The highest BCUT2D eigenvalue weighted by molar-refractivity contribution is 7.76. The summed E-state index contributed by atoms with van der Waals surface area (Å²) in [7, 11) is 0. The van der Waals surface area contributed by atoms with Crippen molar-refractivity contribution in [2.75, 3.05) is 13.2 Å². The Bertz CT molecular complexity index is 163. The summed E-state index contributed by atoms with van der Waals surface area (Å²) >= 11 is -2.24. The second kappa shape index (κ2) is 6.16. The summed E-state index contributed by atoms with van der Waals surface area (Å²) in [6.07, 6.45) is 1.16. The van der Waals surface area contributed by atoms with Crippen LogP contribution in [0.3, 0.4) is 0 Å². The third-order valence-electron chi connectivity index (χ3n) is 1.28. The second-order valence-corrected chi connectivity index (χ2v) is 3.17. The van der Waals surface area contributed by atoms with E-state index in [0.717, 1.165) is 4.31 Å². The van der Waals surface area contributed by atoms with Crippen molar-refractivity contribution in [1.29, 1.82) is 0 Å². The van der Waals surface area contributed by atoms with Crippen LogP contribution in [-0.2, 0) is 16.0 Å². The predicted molar refractivity (Wildman–Crippen MR) is 46.9 cm³/mol. The molecule has 5 heteroatoms. The highest BCUT2D eigenvalue weighted by Crippen LogP contribution is 1.98. The Balaban J connectivity index is 3.85. The van der Waals surface area contributed by atoms with Crippen LogP contribution in [0.25, 0.3) is 0 Å². The average molecular weight is 192 g/mol. The first-order valence-corrected chi connectivity index (χ1v) is 4.75. The van der Waals surface area contributed by atoms with Gasteiger partial charge in [0.25, 0.3) is 0 Å². The molecule has 0 aliphatic rings. The summed E-state index contributed by atoms with van der Waals surface area (Å²) in [6, 6.07) is 0. The molecule has 12 heavy (non-hydrogen) atoms. The van der Waals surface area contributed by atoms with E-state index < -0.39 is 11.3 Å². The average Bonchev–Trinajstić information content (AvgIpc) is 2.00. The molecule has 0 aromatic heterocycles. The third kappa shape index (κ3) is 4.48. The molecule has 0 aromatic rings. The number of hydrogen-bond acceptors (Lipinski definition) is 3. The smallest absolute Gasteiger partial charge is 0.0732 e. The van der Waals surface area contributed by atoms with Crippen molar-refractivity contribution in [1.82, 2.24) is 4.31 Å². The molecule has 0 amide bonds. The minimum absolute atomic E-state index is 0.106. The zero-order chi connectivity index (χ0) is 9.56. The normalized spacial score (nSPS) is 15.2. The zero-order valence-corrected chi connectivity index (χ0v) is 8.17. The minimum Gasteiger partial charge on any atom is -0.755 e. The van der Waals surface area contributed by atoms with Crippen molar-refractivity contribution in [3.05, 3.63) is 12.8 Å². The first-order valence-electron chi connectivity index (χ1n) is 3.72. The highest BCUT2D eigenvalue weighted by atomic mass is 32.2. The summed E-state index contributed by atoms with van der Waals surface area (Å²) in [5.74, 6) is 0. The van der Waals surface area contributed by atoms with Gasteiger partial charge in [-0.2, -0.15) is 0 Å². The van der Waals surface area contributed by atoms with Crippen LogP contribution >= 0.6 is 0 Å². The lowest BCUT2D eigenvalue weighted by atomic mass is 10.4. The lowest BCUT2D eigenvalue weighted by molar-refractivity contribution is 0.0677. The van der Waals surface area contributed by atoms with E-state index in [-0.39, 0.29) is 6.10 Å². The van der Waals surface area contributed by atoms with Crippen molar-refractivity contribution in [2.45, 2.75) is 20.0 Å². The fourth-order valence-electron chi connectivity index (χ4n) is 0.787. The van der Waals surface area contributed by atoms with Crippen LogP contribution in [0.15, 0.2) is 12.8 Å². The van der Waals surface area contributed by atoms with Crippen LogP contribution < -0.4 is 0 Å². The van der Waals surface area contributed by atoms with Crippen molar-refractivity contribution in [3.63, 3.8) is 0 Å². The van der Waals surface area contributed by atoms with E-state index in [1.54, 1.807) is 0 Å². The topological polar surface area (TPSA) is 52.6 Å². The molecule has 0 aromatic carbocycles. The molecule has 0 spiro atoms. The second-order valence-electron chi connectivity index (χ2n) is 2.27. The predicted octanol–water partition coefficient (Wildman–Crippen LogP) is 0.651. The Hall–Kier alpha value is -0.390. The van der Waals surface area contributed by atoms with Gasteiger partial charge < -0.3 is 13.6 Å². The molecule has 0 rings (SSSR count).